The maximum Gasteiger partial charge on any atom is 0.122 e. The third-order valence-electron chi connectivity index (χ3n) is 1.94. The van der Waals surface area contributed by atoms with Crippen molar-refractivity contribution in [3.05, 3.63) is 45.8 Å². The Morgan fingerprint density at radius 1 is 1.53 bits per heavy atom. The van der Waals surface area contributed by atoms with E-state index in [-0.39, 0.29) is 5.75 Å². The second kappa shape index (κ2) is 5.73. The van der Waals surface area contributed by atoms with Crippen molar-refractivity contribution < 1.29 is 5.11 Å². The molecule has 0 aliphatic heterocycles. The van der Waals surface area contributed by atoms with Crippen LogP contribution in [0.2, 0.25) is 0 Å². The van der Waals surface area contributed by atoms with Gasteiger partial charge in [0.2, 0.25) is 0 Å². The number of aryl methyl sites for hydroxylation is 1. The quantitative estimate of drug-likeness (QED) is 0.346. The molecule has 4 nitrogen and oxygen atoms in total. The van der Waals surface area contributed by atoms with Gasteiger partial charge in [0.1, 0.15) is 5.75 Å². The van der Waals surface area contributed by atoms with Crippen molar-refractivity contribution in [1.29, 1.82) is 0 Å². The lowest BCUT2D eigenvalue weighted by atomic mass is 10.1. The van der Waals surface area contributed by atoms with Crippen LogP contribution in [-0.4, -0.2) is 11.7 Å². The Kier molecular flexibility index (Phi) is 4.26. The van der Waals surface area contributed by atoms with Crippen LogP contribution in [0.4, 0.5) is 0 Å². The van der Waals surface area contributed by atoms with E-state index in [0.717, 1.165) is 11.1 Å². The van der Waals surface area contributed by atoms with E-state index in [9.17, 15) is 5.11 Å². The van der Waals surface area contributed by atoms with Crippen molar-refractivity contribution in [2.24, 2.45) is 5.11 Å². The van der Waals surface area contributed by atoms with Crippen LogP contribution in [0.3, 0.4) is 0 Å². The Hall–Kier alpha value is -1.93. The normalized spacial score (nSPS) is 10.2. The Balaban J connectivity index is 2.63. The first-order valence-electron chi connectivity index (χ1n) is 4.71. The van der Waals surface area contributed by atoms with Gasteiger partial charge < -0.3 is 5.11 Å². The van der Waals surface area contributed by atoms with Gasteiger partial charge in [-0.15, -0.1) is 0 Å². The molecule has 15 heavy (non-hydrogen) atoms. The summed E-state index contributed by atoms with van der Waals surface area (Å²) in [5, 5.41) is 12.9. The monoisotopic (exact) mass is 203 g/mol. The zero-order chi connectivity index (χ0) is 11.1. The van der Waals surface area contributed by atoms with Crippen LogP contribution in [0, 0.1) is 6.92 Å². The topological polar surface area (TPSA) is 69.0 Å². The highest BCUT2D eigenvalue weighted by Crippen LogP contribution is 2.19. The van der Waals surface area contributed by atoms with Gasteiger partial charge >= 0.3 is 0 Å². The molecule has 0 unspecified atom stereocenters. The van der Waals surface area contributed by atoms with Gasteiger partial charge in [-0.1, -0.05) is 28.9 Å². The number of azide groups is 1. The molecule has 1 N–H and O–H groups in total. The lowest BCUT2D eigenvalue weighted by molar-refractivity contribution is 0.474. The molecule has 0 spiro atoms. The molecule has 4 heteroatoms. The molecule has 0 aliphatic rings. The van der Waals surface area contributed by atoms with Gasteiger partial charge in [0.25, 0.3) is 0 Å². The predicted molar refractivity (Wildman–Crippen MR) is 60.5 cm³/mol. The van der Waals surface area contributed by atoms with Gasteiger partial charge in [0, 0.05) is 17.0 Å². The van der Waals surface area contributed by atoms with Crippen molar-refractivity contribution in [2.45, 2.75) is 13.3 Å². The van der Waals surface area contributed by atoms with Crippen LogP contribution >= 0.6 is 0 Å². The molecule has 0 saturated carbocycles. The van der Waals surface area contributed by atoms with Crippen LogP contribution in [0.1, 0.15) is 17.5 Å². The molecule has 0 bridgehead atoms. The maximum atomic E-state index is 9.50. The van der Waals surface area contributed by atoms with E-state index >= 15 is 0 Å². The fourth-order valence-corrected chi connectivity index (χ4v) is 1.19. The predicted octanol–water partition coefficient (Wildman–Crippen LogP) is 3.41. The summed E-state index contributed by atoms with van der Waals surface area (Å²) >= 11 is 0. The minimum atomic E-state index is 0.264. The van der Waals surface area contributed by atoms with Crippen molar-refractivity contribution >= 4 is 6.08 Å². The summed E-state index contributed by atoms with van der Waals surface area (Å²) in [4.78, 5) is 2.65. The molecule has 1 aromatic carbocycles. The molecular formula is C11H13N3O. The van der Waals surface area contributed by atoms with Crippen molar-refractivity contribution in [3.63, 3.8) is 0 Å². The number of aromatic hydroxyl groups is 1. The van der Waals surface area contributed by atoms with Crippen molar-refractivity contribution in [3.8, 4) is 5.75 Å². The van der Waals surface area contributed by atoms with E-state index < -0.39 is 0 Å². The van der Waals surface area contributed by atoms with Gasteiger partial charge in [-0.2, -0.15) is 0 Å². The number of hydrogen-bond donors (Lipinski definition) is 1. The summed E-state index contributed by atoms with van der Waals surface area (Å²) in [6.45, 7) is 2.41. The summed E-state index contributed by atoms with van der Waals surface area (Å²) in [5.74, 6) is 0.264. The van der Waals surface area contributed by atoms with Crippen LogP contribution in [0.5, 0.6) is 5.75 Å². The Bertz CT molecular complexity index is 406. The summed E-state index contributed by atoms with van der Waals surface area (Å²) in [5.41, 5.74) is 9.94. The third kappa shape index (κ3) is 3.75. The van der Waals surface area contributed by atoms with E-state index in [1.807, 2.05) is 31.2 Å². The van der Waals surface area contributed by atoms with Gasteiger partial charge in [0.05, 0.1) is 0 Å². The van der Waals surface area contributed by atoms with Crippen LogP contribution in [0.15, 0.2) is 29.4 Å². The number of phenolic OH excluding ortho intramolecular Hbond substituents is 1. The lowest BCUT2D eigenvalue weighted by Gasteiger charge is -1.99. The van der Waals surface area contributed by atoms with Crippen LogP contribution in [0.25, 0.3) is 16.5 Å². The first-order chi connectivity index (χ1) is 7.24. The molecule has 0 aromatic heterocycles. The summed E-state index contributed by atoms with van der Waals surface area (Å²) in [6.07, 6.45) is 4.38. The molecule has 1 aromatic rings. The molecule has 78 valence electrons. The van der Waals surface area contributed by atoms with Gasteiger partial charge in [0.15, 0.2) is 0 Å². The standard InChI is InChI=1S/C11H13N3O/c1-9-5-6-11(15)10(8-9)4-2-3-7-13-14-12/h2,4-6,8,15H,3,7H2,1H3. The largest absolute Gasteiger partial charge is 0.507 e. The van der Waals surface area contributed by atoms with Crippen molar-refractivity contribution in [2.75, 3.05) is 6.54 Å². The molecule has 0 radical (unpaired) electrons. The van der Waals surface area contributed by atoms with E-state index in [2.05, 4.69) is 10.0 Å². The second-order valence-electron chi connectivity index (χ2n) is 3.21. The highest BCUT2D eigenvalue weighted by Gasteiger charge is 1.95. The molecule has 0 heterocycles. The van der Waals surface area contributed by atoms with E-state index in [4.69, 9.17) is 5.53 Å². The fraction of sp³-hybridized carbons (Fsp3) is 0.273. The molecule has 1 rings (SSSR count). The summed E-state index contributed by atoms with van der Waals surface area (Å²) in [6, 6.07) is 5.43. The smallest absolute Gasteiger partial charge is 0.122 e. The lowest BCUT2D eigenvalue weighted by Crippen LogP contribution is -1.78. The first kappa shape index (κ1) is 11.1. The average Bonchev–Trinajstić information content (AvgIpc) is 2.23. The minimum Gasteiger partial charge on any atom is -0.507 e. The van der Waals surface area contributed by atoms with Crippen LogP contribution < -0.4 is 0 Å². The van der Waals surface area contributed by atoms with E-state index in [0.29, 0.717) is 13.0 Å². The number of nitrogens with zero attached hydrogens (tertiary/aromatic N) is 3. The second-order valence-corrected chi connectivity index (χ2v) is 3.21. The van der Waals surface area contributed by atoms with E-state index in [1.165, 1.54) is 0 Å². The Labute approximate surface area is 88.5 Å². The zero-order valence-electron chi connectivity index (χ0n) is 8.59. The highest BCUT2D eigenvalue weighted by molar-refractivity contribution is 5.57. The molecule has 0 aliphatic carbocycles. The minimum absolute atomic E-state index is 0.264. The number of phenols is 1. The number of hydrogen-bond acceptors (Lipinski definition) is 2. The molecule has 0 fully saturated rings. The maximum absolute atomic E-state index is 9.50. The van der Waals surface area contributed by atoms with E-state index in [1.54, 1.807) is 6.07 Å². The Morgan fingerprint density at radius 2 is 2.33 bits per heavy atom. The number of benzene rings is 1. The number of rotatable bonds is 4. The Morgan fingerprint density at radius 3 is 3.07 bits per heavy atom. The summed E-state index contributed by atoms with van der Waals surface area (Å²) in [7, 11) is 0. The van der Waals surface area contributed by atoms with Crippen LogP contribution in [-0.2, 0) is 0 Å². The third-order valence-corrected chi connectivity index (χ3v) is 1.94. The highest BCUT2D eigenvalue weighted by atomic mass is 16.3. The van der Waals surface area contributed by atoms with Gasteiger partial charge in [-0.05, 0) is 31.0 Å². The van der Waals surface area contributed by atoms with Gasteiger partial charge in [-0.3, -0.25) is 0 Å². The molecule has 0 amide bonds. The molecule has 0 atom stereocenters. The average molecular weight is 203 g/mol. The van der Waals surface area contributed by atoms with Crippen molar-refractivity contribution in [1.82, 2.24) is 0 Å². The molecule has 0 saturated heterocycles. The summed E-state index contributed by atoms with van der Waals surface area (Å²) < 4.78 is 0. The van der Waals surface area contributed by atoms with Gasteiger partial charge in [-0.25, -0.2) is 0 Å². The molecular weight excluding hydrogens is 190 g/mol. The SMILES string of the molecule is Cc1ccc(O)c(C=CCCN=[N+]=[N-])c1. The fourth-order valence-electron chi connectivity index (χ4n) is 1.19. The first-order valence-corrected chi connectivity index (χ1v) is 4.71. The zero-order valence-corrected chi connectivity index (χ0v) is 8.59.